The molecule has 0 spiro atoms. The number of carbonyl (C=O) groups excluding carboxylic acids is 1. The first-order valence-electron chi connectivity index (χ1n) is 9.37. The van der Waals surface area contributed by atoms with Gasteiger partial charge in [-0.2, -0.15) is 5.10 Å². The lowest BCUT2D eigenvalue weighted by atomic mass is 9.97. The zero-order valence-corrected chi connectivity index (χ0v) is 15.2. The highest BCUT2D eigenvalue weighted by Crippen LogP contribution is 2.28. The summed E-state index contributed by atoms with van der Waals surface area (Å²) in [5, 5.41) is 4.30. The summed E-state index contributed by atoms with van der Waals surface area (Å²) in [7, 11) is 0. The summed E-state index contributed by atoms with van der Waals surface area (Å²) in [6, 6.07) is 12.0. The van der Waals surface area contributed by atoms with Crippen molar-refractivity contribution in [1.29, 1.82) is 0 Å². The highest BCUT2D eigenvalue weighted by atomic mass is 16.2. The molecule has 1 aromatic carbocycles. The average molecular weight is 359 g/mol. The average Bonchev–Trinajstić information content (AvgIpc) is 3.33. The van der Waals surface area contributed by atoms with Crippen LogP contribution in [0.5, 0.6) is 0 Å². The number of aromatic nitrogens is 4. The number of piperidine rings is 1. The molecule has 1 fully saturated rings. The lowest BCUT2D eigenvalue weighted by Crippen LogP contribution is -2.39. The zero-order chi connectivity index (χ0) is 18.4. The van der Waals surface area contributed by atoms with E-state index in [-0.39, 0.29) is 11.8 Å². The summed E-state index contributed by atoms with van der Waals surface area (Å²) in [6.07, 6.45) is 5.55. The number of para-hydroxylation sites is 1. The van der Waals surface area contributed by atoms with E-state index in [9.17, 15) is 4.79 Å². The van der Waals surface area contributed by atoms with Gasteiger partial charge in [-0.05, 0) is 43.5 Å². The van der Waals surface area contributed by atoms with Gasteiger partial charge in [0.1, 0.15) is 5.82 Å². The third-order valence-electron chi connectivity index (χ3n) is 5.48. The number of rotatable bonds is 2. The third kappa shape index (κ3) is 2.68. The van der Waals surface area contributed by atoms with Gasteiger partial charge in [-0.3, -0.25) is 4.79 Å². The van der Waals surface area contributed by atoms with Gasteiger partial charge in [0, 0.05) is 25.2 Å². The Morgan fingerprint density at radius 2 is 2.15 bits per heavy atom. The Morgan fingerprint density at radius 3 is 3.04 bits per heavy atom. The van der Waals surface area contributed by atoms with Crippen LogP contribution in [-0.4, -0.2) is 43.5 Å². The molecule has 4 aromatic rings. The van der Waals surface area contributed by atoms with Crippen molar-refractivity contribution in [2.24, 2.45) is 0 Å². The number of imidazole rings is 1. The smallest absolute Gasteiger partial charge is 0.257 e. The summed E-state index contributed by atoms with van der Waals surface area (Å²) < 4.78 is 1.75. The number of amides is 1. The maximum Gasteiger partial charge on any atom is 0.257 e. The molecule has 1 amide bonds. The van der Waals surface area contributed by atoms with E-state index in [0.29, 0.717) is 12.1 Å². The van der Waals surface area contributed by atoms with Gasteiger partial charge < -0.3 is 9.88 Å². The first-order chi connectivity index (χ1) is 13.2. The van der Waals surface area contributed by atoms with Gasteiger partial charge in [0.05, 0.1) is 28.3 Å². The van der Waals surface area contributed by atoms with Crippen LogP contribution in [0.15, 0.2) is 48.8 Å². The molecule has 27 heavy (non-hydrogen) atoms. The molecule has 3 aromatic heterocycles. The Morgan fingerprint density at radius 1 is 1.22 bits per heavy atom. The number of aryl methyl sites for hydroxylation is 1. The molecule has 0 bridgehead atoms. The molecule has 0 aliphatic carbocycles. The summed E-state index contributed by atoms with van der Waals surface area (Å²) in [5.41, 5.74) is 4.78. The van der Waals surface area contributed by atoms with Crippen molar-refractivity contribution in [2.75, 3.05) is 13.1 Å². The van der Waals surface area contributed by atoms with Gasteiger partial charge in [0.15, 0.2) is 0 Å². The van der Waals surface area contributed by atoms with E-state index < -0.39 is 0 Å². The molecule has 4 heterocycles. The predicted octanol–water partition coefficient (Wildman–Crippen LogP) is 3.54. The molecule has 1 aliphatic rings. The fraction of sp³-hybridized carbons (Fsp3) is 0.286. The van der Waals surface area contributed by atoms with E-state index in [1.807, 2.05) is 35.4 Å². The maximum atomic E-state index is 13.1. The fourth-order valence-electron chi connectivity index (χ4n) is 4.04. The van der Waals surface area contributed by atoms with Crippen LogP contribution in [0.2, 0.25) is 0 Å². The minimum atomic E-state index is 0.0493. The number of carbonyl (C=O) groups is 1. The summed E-state index contributed by atoms with van der Waals surface area (Å²) in [5.74, 6) is 1.26. The Hall–Kier alpha value is -3.15. The summed E-state index contributed by atoms with van der Waals surface area (Å²) in [4.78, 5) is 23.4. The monoisotopic (exact) mass is 359 g/mol. The number of nitrogens with one attached hydrogen (secondary N) is 1. The number of likely N-dealkylation sites (tertiary alicyclic amines) is 1. The number of aromatic amines is 1. The molecule has 6 nitrogen and oxygen atoms in total. The lowest BCUT2D eigenvalue weighted by Gasteiger charge is -2.31. The highest BCUT2D eigenvalue weighted by molar-refractivity contribution is 6.00. The van der Waals surface area contributed by atoms with E-state index >= 15 is 0 Å². The Bertz CT molecular complexity index is 1140. The molecule has 0 radical (unpaired) electrons. The molecule has 136 valence electrons. The number of benzene rings is 1. The molecule has 6 heteroatoms. The number of pyridine rings is 1. The molecule has 1 atom stereocenters. The van der Waals surface area contributed by atoms with Crippen molar-refractivity contribution in [3.05, 3.63) is 65.7 Å². The fourth-order valence-corrected chi connectivity index (χ4v) is 4.04. The second-order valence-corrected chi connectivity index (χ2v) is 7.27. The van der Waals surface area contributed by atoms with E-state index in [1.165, 1.54) is 5.56 Å². The Labute approximate surface area is 156 Å². The van der Waals surface area contributed by atoms with Gasteiger partial charge in [-0.25, -0.2) is 9.50 Å². The van der Waals surface area contributed by atoms with Crippen molar-refractivity contribution in [3.8, 4) is 0 Å². The summed E-state index contributed by atoms with van der Waals surface area (Å²) >= 11 is 0. The minimum absolute atomic E-state index is 0.0493. The molecule has 0 unspecified atom stereocenters. The van der Waals surface area contributed by atoms with Crippen molar-refractivity contribution in [2.45, 2.75) is 25.7 Å². The van der Waals surface area contributed by atoms with Crippen LogP contribution in [0.1, 0.15) is 40.5 Å². The maximum absolute atomic E-state index is 13.1. The standard InChI is InChI=1S/C21H21N5O/c1-14-6-4-8-17-19(14)24-20(23-17)15-7-5-10-25(13-15)21(27)16-12-22-26-11-3-2-9-18(16)26/h2-4,6,8-9,11-12,15H,5,7,10,13H2,1H3,(H,23,24)/t15-/m0/s1. The van der Waals surface area contributed by atoms with Crippen LogP contribution < -0.4 is 0 Å². The van der Waals surface area contributed by atoms with E-state index in [0.717, 1.165) is 41.8 Å². The molecule has 1 N–H and O–H groups in total. The predicted molar refractivity (Wildman–Crippen MR) is 104 cm³/mol. The van der Waals surface area contributed by atoms with Crippen molar-refractivity contribution < 1.29 is 4.79 Å². The zero-order valence-electron chi connectivity index (χ0n) is 15.2. The first kappa shape index (κ1) is 16.1. The minimum Gasteiger partial charge on any atom is -0.342 e. The van der Waals surface area contributed by atoms with Crippen LogP contribution in [0.4, 0.5) is 0 Å². The number of fused-ring (bicyclic) bond motifs is 2. The van der Waals surface area contributed by atoms with Crippen LogP contribution in [0.25, 0.3) is 16.6 Å². The van der Waals surface area contributed by atoms with Gasteiger partial charge in [-0.1, -0.05) is 18.2 Å². The number of hydrogen-bond donors (Lipinski definition) is 1. The molecule has 0 saturated carbocycles. The SMILES string of the molecule is Cc1cccc2[nH]c([C@H]3CCCN(C(=O)c4cnn5ccccc45)C3)nc12. The van der Waals surface area contributed by atoms with Crippen LogP contribution in [0, 0.1) is 6.92 Å². The largest absolute Gasteiger partial charge is 0.342 e. The van der Waals surface area contributed by atoms with Crippen molar-refractivity contribution in [1.82, 2.24) is 24.5 Å². The molecule has 1 saturated heterocycles. The van der Waals surface area contributed by atoms with Gasteiger partial charge in [0.25, 0.3) is 5.91 Å². The third-order valence-corrected chi connectivity index (χ3v) is 5.48. The second-order valence-electron chi connectivity index (χ2n) is 7.27. The van der Waals surface area contributed by atoms with E-state index in [1.54, 1.807) is 10.7 Å². The molecular formula is C21H21N5O. The molecule has 5 rings (SSSR count). The number of nitrogens with zero attached hydrogens (tertiary/aromatic N) is 4. The molecule has 1 aliphatic heterocycles. The van der Waals surface area contributed by atoms with Crippen molar-refractivity contribution in [3.63, 3.8) is 0 Å². The van der Waals surface area contributed by atoms with E-state index in [2.05, 4.69) is 29.1 Å². The number of H-pyrrole nitrogens is 1. The highest BCUT2D eigenvalue weighted by Gasteiger charge is 2.28. The van der Waals surface area contributed by atoms with Gasteiger partial charge in [-0.15, -0.1) is 0 Å². The molecular weight excluding hydrogens is 338 g/mol. The van der Waals surface area contributed by atoms with Crippen LogP contribution >= 0.6 is 0 Å². The van der Waals surface area contributed by atoms with E-state index in [4.69, 9.17) is 4.98 Å². The van der Waals surface area contributed by atoms with Gasteiger partial charge in [0.2, 0.25) is 0 Å². The Balaban J connectivity index is 1.43. The van der Waals surface area contributed by atoms with Gasteiger partial charge >= 0.3 is 0 Å². The second kappa shape index (κ2) is 6.23. The van der Waals surface area contributed by atoms with Crippen LogP contribution in [-0.2, 0) is 0 Å². The van der Waals surface area contributed by atoms with Crippen LogP contribution in [0.3, 0.4) is 0 Å². The topological polar surface area (TPSA) is 66.3 Å². The normalized spacial score (nSPS) is 17.7. The first-order valence-corrected chi connectivity index (χ1v) is 9.37. The van der Waals surface area contributed by atoms with Crippen molar-refractivity contribution >= 4 is 22.5 Å². The lowest BCUT2D eigenvalue weighted by molar-refractivity contribution is 0.0707. The summed E-state index contributed by atoms with van der Waals surface area (Å²) in [6.45, 7) is 3.54. The quantitative estimate of drug-likeness (QED) is 0.595. The number of hydrogen-bond acceptors (Lipinski definition) is 3. The Kier molecular flexibility index (Phi) is 3.70.